The van der Waals surface area contributed by atoms with E-state index in [1.54, 1.807) is 0 Å². The van der Waals surface area contributed by atoms with Crippen LogP contribution in [0.4, 0.5) is 13.2 Å². The molecule has 2 rings (SSSR count). The molecule has 2 N–H and O–H groups in total. The summed E-state index contributed by atoms with van der Waals surface area (Å²) in [6, 6.07) is 5.46. The molecule has 0 heterocycles. The van der Waals surface area contributed by atoms with Gasteiger partial charge in [-0.15, -0.1) is 13.2 Å². The van der Waals surface area contributed by atoms with Crippen LogP contribution in [0.2, 0.25) is 0 Å². The summed E-state index contributed by atoms with van der Waals surface area (Å²) in [6.07, 6.45) is -2.17. The summed E-state index contributed by atoms with van der Waals surface area (Å²) in [5.74, 6) is -0.408. The van der Waals surface area contributed by atoms with E-state index in [0.29, 0.717) is 13.0 Å². The molecule has 0 aliphatic heterocycles. The first-order valence-electron chi connectivity index (χ1n) is 7.04. The predicted octanol–water partition coefficient (Wildman–Crippen LogP) is 2.41. The molecule has 0 saturated heterocycles. The molecule has 7 heteroatoms. The zero-order valence-electron chi connectivity index (χ0n) is 11.9. The second-order valence-corrected chi connectivity index (χ2v) is 5.63. The van der Waals surface area contributed by atoms with Gasteiger partial charge in [-0.2, -0.15) is 0 Å². The minimum Gasteiger partial charge on any atom is -0.406 e. The maximum absolute atomic E-state index is 12.0. The third-order valence-corrected chi connectivity index (χ3v) is 3.75. The van der Waals surface area contributed by atoms with Crippen LogP contribution in [0.3, 0.4) is 0 Å². The van der Waals surface area contributed by atoms with Gasteiger partial charge in [-0.25, -0.2) is 0 Å². The Morgan fingerprint density at radius 1 is 1.27 bits per heavy atom. The number of amides is 1. The van der Waals surface area contributed by atoms with Gasteiger partial charge in [-0.1, -0.05) is 12.1 Å². The molecule has 1 aliphatic carbocycles. The standard InChI is InChI=1S/C15H18F3NO3/c16-15(17,18)22-12-4-1-11(2-5-12)3-6-13(21)19-9-14(10-20)7-8-14/h1-2,4-5,20H,3,6-10H2,(H,19,21). The van der Waals surface area contributed by atoms with Crippen LogP contribution in [0.5, 0.6) is 5.75 Å². The lowest BCUT2D eigenvalue weighted by Gasteiger charge is -2.12. The number of alkyl halides is 3. The SMILES string of the molecule is O=C(CCc1ccc(OC(F)(F)F)cc1)NCC1(CO)CC1. The van der Waals surface area contributed by atoms with Gasteiger partial charge in [0.05, 0.1) is 6.61 Å². The van der Waals surface area contributed by atoms with E-state index in [1.165, 1.54) is 24.3 Å². The van der Waals surface area contributed by atoms with Gasteiger partial charge in [-0.05, 0) is 37.0 Å². The van der Waals surface area contributed by atoms with Crippen LogP contribution in [-0.4, -0.2) is 30.5 Å². The quantitative estimate of drug-likeness (QED) is 0.812. The van der Waals surface area contributed by atoms with Gasteiger partial charge in [-0.3, -0.25) is 4.79 Å². The minimum atomic E-state index is -4.70. The van der Waals surface area contributed by atoms with E-state index in [1.807, 2.05) is 0 Å². The van der Waals surface area contributed by atoms with Crippen molar-refractivity contribution in [1.82, 2.24) is 5.32 Å². The van der Waals surface area contributed by atoms with Gasteiger partial charge in [0.25, 0.3) is 0 Å². The Hall–Kier alpha value is -1.76. The van der Waals surface area contributed by atoms with Crippen molar-refractivity contribution in [3.63, 3.8) is 0 Å². The molecule has 0 bridgehead atoms. The first-order valence-corrected chi connectivity index (χ1v) is 7.04. The molecule has 22 heavy (non-hydrogen) atoms. The molecule has 0 radical (unpaired) electrons. The normalized spacial score (nSPS) is 16.2. The predicted molar refractivity (Wildman–Crippen MR) is 73.2 cm³/mol. The van der Waals surface area contributed by atoms with Crippen molar-refractivity contribution >= 4 is 5.91 Å². The van der Waals surface area contributed by atoms with Gasteiger partial charge in [0.1, 0.15) is 5.75 Å². The molecule has 0 spiro atoms. The number of carbonyl (C=O) groups excluding carboxylic acids is 1. The van der Waals surface area contributed by atoms with Crippen molar-refractivity contribution in [3.05, 3.63) is 29.8 Å². The highest BCUT2D eigenvalue weighted by Crippen LogP contribution is 2.44. The monoisotopic (exact) mass is 317 g/mol. The number of aryl methyl sites for hydroxylation is 1. The molecule has 122 valence electrons. The Kier molecular flexibility index (Phi) is 4.95. The average Bonchev–Trinajstić information content (AvgIpc) is 3.23. The van der Waals surface area contributed by atoms with Crippen molar-refractivity contribution in [2.24, 2.45) is 5.41 Å². The second kappa shape index (κ2) is 6.56. The molecule has 1 amide bonds. The number of aliphatic hydroxyl groups excluding tert-OH is 1. The highest BCUT2D eigenvalue weighted by molar-refractivity contribution is 5.76. The van der Waals surface area contributed by atoms with Gasteiger partial charge in [0, 0.05) is 18.4 Å². The fraction of sp³-hybridized carbons (Fsp3) is 0.533. The van der Waals surface area contributed by atoms with Crippen LogP contribution in [0.25, 0.3) is 0 Å². The van der Waals surface area contributed by atoms with E-state index in [-0.39, 0.29) is 30.1 Å². The molecule has 1 aliphatic rings. The number of ether oxygens (including phenoxy) is 1. The van der Waals surface area contributed by atoms with Crippen LogP contribution in [0.1, 0.15) is 24.8 Å². The molecule has 1 aromatic carbocycles. The molecule has 0 unspecified atom stereocenters. The Morgan fingerprint density at radius 2 is 1.91 bits per heavy atom. The van der Waals surface area contributed by atoms with Crippen molar-refractivity contribution in [2.75, 3.05) is 13.2 Å². The number of halogens is 3. The zero-order valence-corrected chi connectivity index (χ0v) is 11.9. The smallest absolute Gasteiger partial charge is 0.406 e. The summed E-state index contributed by atoms with van der Waals surface area (Å²) in [7, 11) is 0. The van der Waals surface area contributed by atoms with Crippen molar-refractivity contribution in [3.8, 4) is 5.75 Å². The van der Waals surface area contributed by atoms with E-state index in [9.17, 15) is 18.0 Å². The van der Waals surface area contributed by atoms with Crippen LogP contribution in [0, 0.1) is 5.41 Å². The highest BCUT2D eigenvalue weighted by Gasteiger charge is 2.41. The maximum Gasteiger partial charge on any atom is 0.573 e. The molecular weight excluding hydrogens is 299 g/mol. The molecule has 0 aromatic heterocycles. The third-order valence-electron chi connectivity index (χ3n) is 3.75. The highest BCUT2D eigenvalue weighted by atomic mass is 19.4. The summed E-state index contributed by atoms with van der Waals surface area (Å²) < 4.78 is 39.8. The van der Waals surface area contributed by atoms with E-state index in [0.717, 1.165) is 18.4 Å². The minimum absolute atomic E-state index is 0.0773. The fourth-order valence-electron chi connectivity index (χ4n) is 2.06. The number of carbonyl (C=O) groups is 1. The van der Waals surface area contributed by atoms with Crippen molar-refractivity contribution in [2.45, 2.75) is 32.0 Å². The largest absolute Gasteiger partial charge is 0.573 e. The zero-order chi connectivity index (χ0) is 16.2. The molecule has 1 aromatic rings. The molecule has 0 atom stereocenters. The van der Waals surface area contributed by atoms with Crippen LogP contribution >= 0.6 is 0 Å². The third kappa shape index (κ3) is 5.22. The first kappa shape index (κ1) is 16.6. The van der Waals surface area contributed by atoms with E-state index in [4.69, 9.17) is 5.11 Å². The average molecular weight is 317 g/mol. The summed E-state index contributed by atoms with van der Waals surface area (Å²) in [6.45, 7) is 0.550. The number of nitrogens with one attached hydrogen (secondary N) is 1. The first-order chi connectivity index (χ1) is 10.3. The maximum atomic E-state index is 12.0. The Bertz CT molecular complexity index is 510. The van der Waals surface area contributed by atoms with Crippen LogP contribution in [-0.2, 0) is 11.2 Å². The summed E-state index contributed by atoms with van der Waals surface area (Å²) in [4.78, 5) is 11.7. The van der Waals surface area contributed by atoms with Gasteiger partial charge in [0.2, 0.25) is 5.91 Å². The van der Waals surface area contributed by atoms with Crippen molar-refractivity contribution < 1.29 is 27.8 Å². The lowest BCUT2D eigenvalue weighted by Crippen LogP contribution is -2.31. The van der Waals surface area contributed by atoms with E-state index >= 15 is 0 Å². The van der Waals surface area contributed by atoms with Crippen LogP contribution < -0.4 is 10.1 Å². The Morgan fingerprint density at radius 3 is 2.41 bits per heavy atom. The van der Waals surface area contributed by atoms with Crippen molar-refractivity contribution in [1.29, 1.82) is 0 Å². The number of hydrogen-bond acceptors (Lipinski definition) is 3. The Balaban J connectivity index is 1.73. The van der Waals surface area contributed by atoms with Gasteiger partial charge < -0.3 is 15.2 Å². The molecule has 1 fully saturated rings. The number of rotatable bonds is 7. The van der Waals surface area contributed by atoms with Gasteiger partial charge in [0.15, 0.2) is 0 Å². The topological polar surface area (TPSA) is 58.6 Å². The molecule has 4 nitrogen and oxygen atoms in total. The molecule has 1 saturated carbocycles. The molecular formula is C15H18F3NO3. The number of hydrogen-bond donors (Lipinski definition) is 2. The van der Waals surface area contributed by atoms with Gasteiger partial charge >= 0.3 is 6.36 Å². The van der Waals surface area contributed by atoms with E-state index in [2.05, 4.69) is 10.1 Å². The second-order valence-electron chi connectivity index (χ2n) is 5.63. The number of benzene rings is 1. The fourth-order valence-corrected chi connectivity index (χ4v) is 2.06. The summed E-state index contributed by atoms with van der Waals surface area (Å²) in [5, 5.41) is 11.9. The van der Waals surface area contributed by atoms with Crippen LogP contribution in [0.15, 0.2) is 24.3 Å². The number of aliphatic hydroxyl groups is 1. The lowest BCUT2D eigenvalue weighted by atomic mass is 10.1. The Labute approximate surface area is 126 Å². The summed E-state index contributed by atoms with van der Waals surface area (Å²) in [5.41, 5.74) is 0.625. The lowest BCUT2D eigenvalue weighted by molar-refractivity contribution is -0.274. The van der Waals surface area contributed by atoms with E-state index < -0.39 is 6.36 Å². The summed E-state index contributed by atoms with van der Waals surface area (Å²) >= 11 is 0.